The van der Waals surface area contributed by atoms with Crippen LogP contribution in [0.25, 0.3) is 0 Å². The van der Waals surface area contributed by atoms with Crippen LogP contribution in [0.15, 0.2) is 45.3 Å². The van der Waals surface area contributed by atoms with Crippen LogP contribution in [-0.2, 0) is 7.05 Å². The first-order valence-corrected chi connectivity index (χ1v) is 7.22. The van der Waals surface area contributed by atoms with Gasteiger partial charge < -0.3 is 5.11 Å². The summed E-state index contributed by atoms with van der Waals surface area (Å²) >= 11 is 2.85. The summed E-state index contributed by atoms with van der Waals surface area (Å²) in [6.07, 6.45) is 5.46. The lowest BCUT2D eigenvalue weighted by atomic mass is 10.2. The van der Waals surface area contributed by atoms with Gasteiger partial charge in [0, 0.05) is 23.0 Å². The van der Waals surface area contributed by atoms with Gasteiger partial charge in [0.15, 0.2) is 0 Å². The third-order valence-corrected chi connectivity index (χ3v) is 4.12. The second-order valence-electron chi connectivity index (χ2n) is 3.59. The Labute approximate surface area is 113 Å². The predicted molar refractivity (Wildman–Crippen MR) is 72.5 cm³/mol. The van der Waals surface area contributed by atoms with Crippen LogP contribution in [0.3, 0.4) is 0 Å². The number of aryl methyl sites for hydroxylation is 1. The lowest BCUT2D eigenvalue weighted by molar-refractivity contribution is 0.0689. The molecule has 0 bridgehead atoms. The fourth-order valence-corrected chi connectivity index (χ4v) is 3.24. The third-order valence-electron chi connectivity index (χ3n) is 2.33. The molecule has 94 valence electrons. The van der Waals surface area contributed by atoms with E-state index in [0.717, 1.165) is 14.7 Å². The molecule has 1 N–H and O–H groups in total. The lowest BCUT2D eigenvalue weighted by Crippen LogP contribution is -2.01. The van der Waals surface area contributed by atoms with E-state index in [1.807, 2.05) is 37.7 Å². The molecule has 1 aromatic carbocycles. The summed E-state index contributed by atoms with van der Waals surface area (Å²) < 4.78 is 1.70. The number of carbonyl (C=O) groups is 1. The maximum Gasteiger partial charge on any atom is 0.337 e. The van der Waals surface area contributed by atoms with Crippen LogP contribution in [0.4, 0.5) is 0 Å². The van der Waals surface area contributed by atoms with Crippen LogP contribution in [0.1, 0.15) is 10.4 Å². The number of aromatic carboxylic acids is 1. The number of rotatable bonds is 4. The van der Waals surface area contributed by atoms with Gasteiger partial charge in [-0.15, -0.1) is 11.8 Å². The summed E-state index contributed by atoms with van der Waals surface area (Å²) in [5.74, 6) is -0.897. The molecule has 0 amide bonds. The largest absolute Gasteiger partial charge is 0.478 e. The Balaban J connectivity index is 2.41. The van der Waals surface area contributed by atoms with Crippen molar-refractivity contribution in [3.8, 4) is 0 Å². The van der Waals surface area contributed by atoms with Crippen molar-refractivity contribution in [1.82, 2.24) is 9.78 Å². The lowest BCUT2D eigenvalue weighted by Gasteiger charge is -2.08. The van der Waals surface area contributed by atoms with Crippen LogP contribution in [0.5, 0.6) is 0 Å². The van der Waals surface area contributed by atoms with Crippen molar-refractivity contribution in [3.05, 3.63) is 36.2 Å². The molecule has 0 radical (unpaired) electrons. The average Bonchev–Trinajstić information content (AvgIpc) is 2.74. The zero-order chi connectivity index (χ0) is 13.1. The van der Waals surface area contributed by atoms with Gasteiger partial charge in [-0.3, -0.25) is 4.68 Å². The standard InChI is InChI=1S/C12H12N2O2S2/c1-14-7-8(6-13-14)18-10-5-3-4-9(17-2)11(10)12(15)16/h3-7H,1-2H3,(H,15,16). The Morgan fingerprint density at radius 1 is 1.39 bits per heavy atom. The van der Waals surface area contributed by atoms with Gasteiger partial charge >= 0.3 is 5.97 Å². The molecule has 0 spiro atoms. The van der Waals surface area contributed by atoms with Crippen molar-refractivity contribution in [2.75, 3.05) is 6.26 Å². The van der Waals surface area contributed by atoms with Crippen LogP contribution < -0.4 is 0 Å². The number of aromatic nitrogens is 2. The minimum atomic E-state index is -0.897. The predicted octanol–water partition coefficient (Wildman–Crippen LogP) is 2.99. The SMILES string of the molecule is CSc1cccc(Sc2cnn(C)c2)c1C(=O)O. The quantitative estimate of drug-likeness (QED) is 0.873. The second-order valence-corrected chi connectivity index (χ2v) is 5.55. The molecule has 0 fully saturated rings. The first kappa shape index (κ1) is 13.0. The van der Waals surface area contributed by atoms with Gasteiger partial charge in [-0.25, -0.2) is 4.79 Å². The van der Waals surface area contributed by atoms with Crippen molar-refractivity contribution in [1.29, 1.82) is 0 Å². The molecule has 2 aromatic rings. The Bertz CT molecular complexity index is 581. The number of carboxylic acids is 1. The van der Waals surface area contributed by atoms with E-state index >= 15 is 0 Å². The highest BCUT2D eigenvalue weighted by Crippen LogP contribution is 2.34. The molecule has 6 heteroatoms. The van der Waals surface area contributed by atoms with E-state index in [2.05, 4.69) is 5.10 Å². The molecule has 2 rings (SSSR count). The Morgan fingerprint density at radius 2 is 2.11 bits per heavy atom. The summed E-state index contributed by atoms with van der Waals surface area (Å²) in [7, 11) is 1.83. The number of benzene rings is 1. The Morgan fingerprint density at radius 3 is 2.67 bits per heavy atom. The fraction of sp³-hybridized carbons (Fsp3) is 0.167. The summed E-state index contributed by atoms with van der Waals surface area (Å²) in [6, 6.07) is 5.51. The first-order valence-electron chi connectivity index (χ1n) is 5.18. The van der Waals surface area contributed by atoms with Crippen molar-refractivity contribution >= 4 is 29.5 Å². The molecule has 0 aliphatic rings. The fourth-order valence-electron chi connectivity index (χ4n) is 1.56. The van der Waals surface area contributed by atoms with Gasteiger partial charge in [-0.2, -0.15) is 5.10 Å². The molecule has 18 heavy (non-hydrogen) atoms. The molecule has 0 atom stereocenters. The van der Waals surface area contributed by atoms with E-state index in [1.165, 1.54) is 23.5 Å². The molecule has 0 saturated carbocycles. The summed E-state index contributed by atoms with van der Waals surface area (Å²) in [5.41, 5.74) is 0.360. The van der Waals surface area contributed by atoms with Gasteiger partial charge in [-0.05, 0) is 18.4 Å². The molecule has 1 heterocycles. The number of thioether (sulfide) groups is 1. The highest BCUT2D eigenvalue weighted by molar-refractivity contribution is 8.00. The summed E-state index contributed by atoms with van der Waals surface area (Å²) in [6.45, 7) is 0. The molecule has 0 unspecified atom stereocenters. The molecule has 0 saturated heterocycles. The zero-order valence-electron chi connectivity index (χ0n) is 9.95. The molecule has 1 aromatic heterocycles. The third kappa shape index (κ3) is 2.70. The van der Waals surface area contributed by atoms with Gasteiger partial charge in [0.05, 0.1) is 16.7 Å². The van der Waals surface area contributed by atoms with Crippen LogP contribution in [0.2, 0.25) is 0 Å². The smallest absolute Gasteiger partial charge is 0.337 e. The summed E-state index contributed by atoms with van der Waals surface area (Å²) in [4.78, 5) is 13.8. The van der Waals surface area contributed by atoms with Crippen LogP contribution in [-0.4, -0.2) is 27.1 Å². The minimum absolute atomic E-state index is 0.360. The van der Waals surface area contributed by atoms with E-state index < -0.39 is 5.97 Å². The van der Waals surface area contributed by atoms with E-state index in [4.69, 9.17) is 0 Å². The van der Waals surface area contributed by atoms with E-state index in [-0.39, 0.29) is 0 Å². The van der Waals surface area contributed by atoms with Crippen LogP contribution in [0, 0.1) is 0 Å². The maximum absolute atomic E-state index is 11.3. The van der Waals surface area contributed by atoms with Crippen molar-refractivity contribution in [3.63, 3.8) is 0 Å². The molecular formula is C12H12N2O2S2. The molecule has 0 aliphatic heterocycles. The normalized spacial score (nSPS) is 10.6. The van der Waals surface area contributed by atoms with E-state index in [1.54, 1.807) is 10.9 Å². The van der Waals surface area contributed by atoms with E-state index in [9.17, 15) is 9.90 Å². The number of nitrogens with zero attached hydrogens (tertiary/aromatic N) is 2. The van der Waals surface area contributed by atoms with Crippen LogP contribution >= 0.6 is 23.5 Å². The van der Waals surface area contributed by atoms with Gasteiger partial charge in [0.2, 0.25) is 0 Å². The van der Waals surface area contributed by atoms with Gasteiger partial charge in [0.25, 0.3) is 0 Å². The van der Waals surface area contributed by atoms with Crippen molar-refractivity contribution in [2.24, 2.45) is 7.05 Å². The number of carboxylic acid groups (broad SMARTS) is 1. The van der Waals surface area contributed by atoms with Crippen molar-refractivity contribution < 1.29 is 9.90 Å². The van der Waals surface area contributed by atoms with Gasteiger partial charge in [0.1, 0.15) is 0 Å². The average molecular weight is 280 g/mol. The van der Waals surface area contributed by atoms with Gasteiger partial charge in [-0.1, -0.05) is 17.8 Å². The monoisotopic (exact) mass is 280 g/mol. The highest BCUT2D eigenvalue weighted by Gasteiger charge is 2.16. The maximum atomic E-state index is 11.3. The number of hydrogen-bond acceptors (Lipinski definition) is 4. The Hall–Kier alpha value is -1.40. The minimum Gasteiger partial charge on any atom is -0.478 e. The number of hydrogen-bond donors (Lipinski definition) is 1. The second kappa shape index (κ2) is 5.49. The molecule has 4 nitrogen and oxygen atoms in total. The topological polar surface area (TPSA) is 55.1 Å². The van der Waals surface area contributed by atoms with Crippen molar-refractivity contribution in [2.45, 2.75) is 14.7 Å². The molecule has 0 aliphatic carbocycles. The first-order chi connectivity index (χ1) is 8.61. The molecular weight excluding hydrogens is 268 g/mol. The highest BCUT2D eigenvalue weighted by atomic mass is 32.2. The summed E-state index contributed by atoms with van der Waals surface area (Å²) in [5, 5.41) is 13.4. The zero-order valence-corrected chi connectivity index (χ0v) is 11.6. The Kier molecular flexibility index (Phi) is 3.98. The van der Waals surface area contributed by atoms with E-state index in [0.29, 0.717) is 5.56 Å².